The Morgan fingerprint density at radius 1 is 1.00 bits per heavy atom. The normalized spacial score (nSPS) is 19.0. The number of hydrogen-bond acceptors (Lipinski definition) is 4. The summed E-state index contributed by atoms with van der Waals surface area (Å²) < 4.78 is 13.3. The Labute approximate surface area is 147 Å². The van der Waals surface area contributed by atoms with Gasteiger partial charge in [-0.15, -0.1) is 0 Å². The summed E-state index contributed by atoms with van der Waals surface area (Å²) in [4.78, 5) is 36.8. The topological polar surface area (TPSA) is 94.9 Å². The Morgan fingerprint density at radius 2 is 1.62 bits per heavy atom. The minimum atomic E-state index is -1.31. The molecule has 0 bridgehead atoms. The molecule has 132 valence electrons. The smallest absolute Gasteiger partial charge is 0.323 e. The molecule has 1 heterocycles. The van der Waals surface area contributed by atoms with Gasteiger partial charge >= 0.3 is 5.97 Å². The zero-order chi connectivity index (χ0) is 18.8. The molecule has 1 fully saturated rings. The van der Waals surface area contributed by atoms with Crippen LogP contribution in [0.2, 0.25) is 0 Å². The molecule has 3 rings (SSSR count). The van der Waals surface area contributed by atoms with Crippen LogP contribution in [-0.2, 0) is 14.4 Å². The monoisotopic (exact) mass is 355 g/mol. The molecule has 2 N–H and O–H groups in total. The highest BCUT2D eigenvalue weighted by Gasteiger charge is 2.46. The minimum Gasteiger partial charge on any atom is -0.507 e. The van der Waals surface area contributed by atoms with Crippen LogP contribution in [0.15, 0.2) is 60.2 Å². The quantitative estimate of drug-likeness (QED) is 0.499. The van der Waals surface area contributed by atoms with Crippen molar-refractivity contribution in [1.82, 2.24) is 4.90 Å². The third-order valence-electron chi connectivity index (χ3n) is 4.08. The molecular weight excluding hydrogens is 341 g/mol. The van der Waals surface area contributed by atoms with Crippen molar-refractivity contribution in [3.05, 3.63) is 77.1 Å². The molecule has 0 spiro atoms. The molecule has 0 aromatic heterocycles. The summed E-state index contributed by atoms with van der Waals surface area (Å²) >= 11 is 0. The maximum absolute atomic E-state index is 13.3. The number of aliphatic hydroxyl groups excluding tert-OH is 1. The largest absolute Gasteiger partial charge is 0.507 e. The zero-order valence-corrected chi connectivity index (χ0v) is 13.4. The second kappa shape index (κ2) is 6.79. The third kappa shape index (κ3) is 3.06. The van der Waals surface area contributed by atoms with Gasteiger partial charge in [-0.05, 0) is 17.7 Å². The average Bonchev–Trinajstić information content (AvgIpc) is 2.87. The highest BCUT2D eigenvalue weighted by molar-refractivity contribution is 6.46. The number of carbonyl (C=O) groups is 3. The highest BCUT2D eigenvalue weighted by Crippen LogP contribution is 2.39. The summed E-state index contributed by atoms with van der Waals surface area (Å²) in [6.07, 6.45) is 0. The Kier molecular flexibility index (Phi) is 4.53. The van der Waals surface area contributed by atoms with Crippen molar-refractivity contribution in [1.29, 1.82) is 0 Å². The van der Waals surface area contributed by atoms with E-state index in [1.165, 1.54) is 12.1 Å². The number of carboxylic acid groups (broad SMARTS) is 1. The van der Waals surface area contributed by atoms with Crippen molar-refractivity contribution in [2.24, 2.45) is 0 Å². The van der Waals surface area contributed by atoms with Gasteiger partial charge in [0, 0.05) is 5.56 Å². The zero-order valence-electron chi connectivity index (χ0n) is 13.4. The number of aliphatic carboxylic acids is 1. The van der Waals surface area contributed by atoms with Crippen LogP contribution in [0, 0.1) is 5.82 Å². The van der Waals surface area contributed by atoms with Crippen LogP contribution >= 0.6 is 0 Å². The van der Waals surface area contributed by atoms with Gasteiger partial charge < -0.3 is 15.1 Å². The van der Waals surface area contributed by atoms with Crippen molar-refractivity contribution in [3.63, 3.8) is 0 Å². The number of halogens is 1. The molecule has 26 heavy (non-hydrogen) atoms. The van der Waals surface area contributed by atoms with Crippen LogP contribution in [0.5, 0.6) is 0 Å². The number of hydrogen-bond donors (Lipinski definition) is 2. The van der Waals surface area contributed by atoms with E-state index in [9.17, 15) is 23.9 Å². The summed E-state index contributed by atoms with van der Waals surface area (Å²) in [7, 11) is 0. The van der Waals surface area contributed by atoms with Gasteiger partial charge in [0.2, 0.25) is 0 Å². The van der Waals surface area contributed by atoms with Crippen molar-refractivity contribution >= 4 is 23.4 Å². The summed E-state index contributed by atoms with van der Waals surface area (Å²) in [6, 6.07) is 12.0. The van der Waals surface area contributed by atoms with E-state index in [4.69, 9.17) is 5.11 Å². The van der Waals surface area contributed by atoms with Crippen molar-refractivity contribution in [3.8, 4) is 0 Å². The lowest BCUT2D eigenvalue weighted by atomic mass is 9.95. The van der Waals surface area contributed by atoms with Gasteiger partial charge in [-0.1, -0.05) is 42.5 Å². The second-order valence-electron chi connectivity index (χ2n) is 5.74. The summed E-state index contributed by atoms with van der Waals surface area (Å²) in [5, 5.41) is 19.7. The van der Waals surface area contributed by atoms with Gasteiger partial charge in [-0.2, -0.15) is 0 Å². The fourth-order valence-electron chi connectivity index (χ4n) is 2.93. The Balaban J connectivity index is 2.19. The molecule has 0 saturated carbocycles. The number of nitrogens with zero attached hydrogens (tertiary/aromatic N) is 1. The van der Waals surface area contributed by atoms with Crippen LogP contribution in [0.1, 0.15) is 17.2 Å². The van der Waals surface area contributed by atoms with Gasteiger partial charge in [-0.3, -0.25) is 14.4 Å². The van der Waals surface area contributed by atoms with Crippen LogP contribution < -0.4 is 0 Å². The van der Waals surface area contributed by atoms with Crippen molar-refractivity contribution < 1.29 is 29.0 Å². The number of likely N-dealkylation sites (tertiary alicyclic amines) is 1. The molecule has 7 heteroatoms. The van der Waals surface area contributed by atoms with E-state index in [-0.39, 0.29) is 5.57 Å². The summed E-state index contributed by atoms with van der Waals surface area (Å²) in [5.74, 6) is -4.25. The maximum atomic E-state index is 13.3. The minimum absolute atomic E-state index is 0.228. The molecule has 6 nitrogen and oxygen atoms in total. The van der Waals surface area contributed by atoms with Gasteiger partial charge in [0.15, 0.2) is 0 Å². The molecule has 2 aromatic carbocycles. The standard InChI is InChI=1S/C19H14FNO5/c20-13-8-6-11(7-9-13)16-15(17(24)12-4-2-1-3-5-12)18(25)19(26)21(16)10-14(22)23/h1-9,16,24H,10H2,(H,22,23). The van der Waals surface area contributed by atoms with Gasteiger partial charge in [0.25, 0.3) is 11.7 Å². The van der Waals surface area contributed by atoms with Crippen LogP contribution in [0.3, 0.4) is 0 Å². The molecule has 1 saturated heterocycles. The summed E-state index contributed by atoms with van der Waals surface area (Å²) in [5.41, 5.74) is 0.409. The SMILES string of the molecule is O=C(O)CN1C(=O)C(=O)C(=C(O)c2ccccc2)C1c1ccc(F)cc1. The Bertz CT molecular complexity index is 905. The fraction of sp³-hybridized carbons (Fsp3) is 0.105. The molecule has 1 amide bonds. The van der Waals surface area contributed by atoms with Crippen LogP contribution in [0.4, 0.5) is 4.39 Å². The molecule has 2 aromatic rings. The first-order valence-electron chi connectivity index (χ1n) is 7.71. The Hall–Kier alpha value is -3.48. The number of aliphatic hydroxyl groups is 1. The number of rotatable bonds is 4. The second-order valence-corrected chi connectivity index (χ2v) is 5.74. The summed E-state index contributed by atoms with van der Waals surface area (Å²) in [6.45, 7) is -0.724. The van der Waals surface area contributed by atoms with Gasteiger partial charge in [-0.25, -0.2) is 4.39 Å². The molecule has 1 aliphatic heterocycles. The number of benzene rings is 2. The lowest BCUT2D eigenvalue weighted by Gasteiger charge is -2.23. The number of ketones is 1. The van der Waals surface area contributed by atoms with Crippen LogP contribution in [-0.4, -0.2) is 39.3 Å². The lowest BCUT2D eigenvalue weighted by molar-refractivity contribution is -0.146. The lowest BCUT2D eigenvalue weighted by Crippen LogP contribution is -2.34. The van der Waals surface area contributed by atoms with E-state index in [2.05, 4.69) is 0 Å². The molecular formula is C19H14FNO5. The first-order valence-corrected chi connectivity index (χ1v) is 7.71. The highest BCUT2D eigenvalue weighted by atomic mass is 19.1. The van der Waals surface area contributed by atoms with E-state index in [0.717, 1.165) is 17.0 Å². The predicted molar refractivity (Wildman–Crippen MR) is 89.5 cm³/mol. The maximum Gasteiger partial charge on any atom is 0.323 e. The number of amides is 1. The van der Waals surface area contributed by atoms with Gasteiger partial charge in [0.1, 0.15) is 18.1 Å². The van der Waals surface area contributed by atoms with Gasteiger partial charge in [0.05, 0.1) is 11.6 Å². The molecule has 0 radical (unpaired) electrons. The number of carbonyl (C=O) groups excluding carboxylic acids is 2. The average molecular weight is 355 g/mol. The van der Waals surface area contributed by atoms with Crippen molar-refractivity contribution in [2.75, 3.05) is 6.54 Å². The first-order chi connectivity index (χ1) is 12.4. The van der Waals surface area contributed by atoms with E-state index < -0.39 is 41.8 Å². The third-order valence-corrected chi connectivity index (χ3v) is 4.08. The molecule has 0 aliphatic carbocycles. The first kappa shape index (κ1) is 17.3. The van der Waals surface area contributed by atoms with Crippen molar-refractivity contribution in [2.45, 2.75) is 6.04 Å². The molecule has 1 unspecified atom stereocenters. The predicted octanol–water partition coefficient (Wildman–Crippen LogP) is 2.33. The molecule has 1 atom stereocenters. The fourth-order valence-corrected chi connectivity index (χ4v) is 2.93. The van der Waals surface area contributed by atoms with E-state index in [1.807, 2.05) is 0 Å². The van der Waals surface area contributed by atoms with E-state index in [1.54, 1.807) is 30.3 Å². The Morgan fingerprint density at radius 3 is 2.19 bits per heavy atom. The number of carboxylic acids is 1. The molecule has 1 aliphatic rings. The van der Waals surface area contributed by atoms with E-state index >= 15 is 0 Å². The van der Waals surface area contributed by atoms with Crippen LogP contribution in [0.25, 0.3) is 5.76 Å². The number of Topliss-reactive ketones (excluding diaryl/α,β-unsaturated/α-hetero) is 1. The van der Waals surface area contributed by atoms with E-state index in [0.29, 0.717) is 11.1 Å².